The number of rotatable bonds is 4. The normalized spacial score (nSPS) is 15.8. The van der Waals surface area contributed by atoms with E-state index < -0.39 is 12.7 Å². The Labute approximate surface area is 149 Å². The van der Waals surface area contributed by atoms with Crippen LogP contribution in [0.4, 0.5) is 18.9 Å². The average molecular weight is 364 g/mol. The number of carbonyl (C=O) groups is 1. The fraction of sp³-hybridized carbons (Fsp3) is 0.444. The number of alkyl halides is 3. The van der Waals surface area contributed by atoms with Crippen LogP contribution < -0.4 is 5.32 Å². The predicted octanol–water partition coefficient (Wildman–Crippen LogP) is 3.52. The van der Waals surface area contributed by atoms with Gasteiger partial charge in [0.15, 0.2) is 0 Å². The Bertz CT molecular complexity index is 829. The molecule has 1 aromatic carbocycles. The third-order valence-electron chi connectivity index (χ3n) is 4.60. The maximum atomic E-state index is 12.7. The number of benzene rings is 1. The lowest BCUT2D eigenvalue weighted by atomic mass is 10.0. The van der Waals surface area contributed by atoms with Crippen molar-refractivity contribution in [3.8, 4) is 6.07 Å². The van der Waals surface area contributed by atoms with Crippen LogP contribution in [-0.4, -0.2) is 40.7 Å². The number of hydrogen-bond donors (Lipinski definition) is 1. The number of carbonyl (C=O) groups excluding carboxylic acids is 1. The standard InChI is InChI=1S/C18H19F3N4O/c19-18(20,21)12-25-11-7-14-15(2-1-3-16(14)25)23-13-5-9-24(10-6-13)17(26)4-8-22/h1-3,7,11,13,23H,4-6,9-10,12H2. The second-order valence-electron chi connectivity index (χ2n) is 6.43. The first kappa shape index (κ1) is 18.1. The first-order valence-corrected chi connectivity index (χ1v) is 8.43. The fourth-order valence-corrected chi connectivity index (χ4v) is 3.35. The summed E-state index contributed by atoms with van der Waals surface area (Å²) in [5.74, 6) is -0.155. The van der Waals surface area contributed by atoms with Crippen molar-refractivity contribution in [1.82, 2.24) is 9.47 Å². The van der Waals surface area contributed by atoms with Gasteiger partial charge in [0.2, 0.25) is 5.91 Å². The number of aromatic nitrogens is 1. The highest BCUT2D eigenvalue weighted by Gasteiger charge is 2.28. The van der Waals surface area contributed by atoms with Gasteiger partial charge in [0.1, 0.15) is 13.0 Å². The maximum absolute atomic E-state index is 12.7. The van der Waals surface area contributed by atoms with Crippen molar-refractivity contribution in [2.45, 2.75) is 38.0 Å². The molecule has 1 aliphatic heterocycles. The molecule has 0 unspecified atom stereocenters. The van der Waals surface area contributed by atoms with E-state index in [0.717, 1.165) is 23.9 Å². The molecular weight excluding hydrogens is 345 g/mol. The SMILES string of the molecule is N#CCC(=O)N1CCC(Nc2cccc3c2ccn3CC(F)(F)F)CC1. The molecule has 3 rings (SSSR count). The molecule has 5 nitrogen and oxygen atoms in total. The van der Waals surface area contributed by atoms with Crippen LogP contribution in [0, 0.1) is 11.3 Å². The van der Waals surface area contributed by atoms with Gasteiger partial charge in [-0.1, -0.05) is 6.07 Å². The summed E-state index contributed by atoms with van der Waals surface area (Å²) in [4.78, 5) is 13.4. The number of nitrogens with one attached hydrogen (secondary N) is 1. The van der Waals surface area contributed by atoms with E-state index >= 15 is 0 Å². The van der Waals surface area contributed by atoms with Crippen molar-refractivity contribution >= 4 is 22.5 Å². The molecule has 8 heteroatoms. The average Bonchev–Trinajstić information content (AvgIpc) is 2.98. The van der Waals surface area contributed by atoms with Gasteiger partial charge in [-0.05, 0) is 31.0 Å². The lowest BCUT2D eigenvalue weighted by Crippen LogP contribution is -2.42. The molecule has 1 fully saturated rings. The molecule has 1 aliphatic rings. The summed E-state index contributed by atoms with van der Waals surface area (Å²) in [6, 6.07) is 8.96. The first-order valence-electron chi connectivity index (χ1n) is 8.43. The quantitative estimate of drug-likeness (QED) is 0.903. The minimum atomic E-state index is -4.27. The zero-order valence-electron chi connectivity index (χ0n) is 14.1. The molecular formula is C18H19F3N4O. The molecule has 1 amide bonds. The van der Waals surface area contributed by atoms with E-state index in [1.165, 1.54) is 10.8 Å². The largest absolute Gasteiger partial charge is 0.406 e. The Morgan fingerprint density at radius 3 is 2.65 bits per heavy atom. The summed E-state index contributed by atoms with van der Waals surface area (Å²) in [5, 5.41) is 12.7. The van der Waals surface area contributed by atoms with Crippen molar-refractivity contribution in [3.05, 3.63) is 30.5 Å². The van der Waals surface area contributed by atoms with Crippen molar-refractivity contribution in [2.24, 2.45) is 0 Å². The van der Waals surface area contributed by atoms with Crippen LogP contribution in [0.5, 0.6) is 0 Å². The summed E-state index contributed by atoms with van der Waals surface area (Å²) >= 11 is 0. The number of amides is 1. The van der Waals surface area contributed by atoms with Gasteiger partial charge in [0.05, 0.1) is 11.6 Å². The summed E-state index contributed by atoms with van der Waals surface area (Å²) in [5.41, 5.74) is 1.33. The molecule has 0 radical (unpaired) electrons. The molecule has 1 N–H and O–H groups in total. The van der Waals surface area contributed by atoms with Crippen LogP contribution in [0.2, 0.25) is 0 Å². The molecule has 1 saturated heterocycles. The monoisotopic (exact) mass is 364 g/mol. The third-order valence-corrected chi connectivity index (χ3v) is 4.60. The topological polar surface area (TPSA) is 61.1 Å². The third kappa shape index (κ3) is 4.10. The van der Waals surface area contributed by atoms with E-state index in [2.05, 4.69) is 5.32 Å². The second kappa shape index (κ2) is 7.28. The van der Waals surface area contributed by atoms with E-state index in [0.29, 0.717) is 18.6 Å². The highest BCUT2D eigenvalue weighted by Crippen LogP contribution is 2.29. The zero-order valence-corrected chi connectivity index (χ0v) is 14.1. The molecule has 138 valence electrons. The fourth-order valence-electron chi connectivity index (χ4n) is 3.35. The van der Waals surface area contributed by atoms with Crippen LogP contribution >= 0.6 is 0 Å². The smallest absolute Gasteiger partial charge is 0.382 e. The number of hydrogen-bond acceptors (Lipinski definition) is 3. The first-order chi connectivity index (χ1) is 12.4. The van der Waals surface area contributed by atoms with Gasteiger partial charge < -0.3 is 14.8 Å². The Hall–Kier alpha value is -2.69. The van der Waals surface area contributed by atoms with Crippen molar-refractivity contribution in [2.75, 3.05) is 18.4 Å². The van der Waals surface area contributed by atoms with Crippen LogP contribution in [0.1, 0.15) is 19.3 Å². The highest BCUT2D eigenvalue weighted by molar-refractivity contribution is 5.92. The van der Waals surface area contributed by atoms with Gasteiger partial charge >= 0.3 is 6.18 Å². The van der Waals surface area contributed by atoms with Gasteiger partial charge in [-0.15, -0.1) is 0 Å². The van der Waals surface area contributed by atoms with Crippen LogP contribution in [-0.2, 0) is 11.3 Å². The van der Waals surface area contributed by atoms with E-state index in [1.54, 1.807) is 23.1 Å². The zero-order chi connectivity index (χ0) is 18.7. The van der Waals surface area contributed by atoms with E-state index in [9.17, 15) is 18.0 Å². The predicted molar refractivity (Wildman–Crippen MR) is 91.4 cm³/mol. The van der Waals surface area contributed by atoms with Crippen molar-refractivity contribution < 1.29 is 18.0 Å². The summed E-state index contributed by atoms with van der Waals surface area (Å²) in [6.45, 7) is 0.131. The van der Waals surface area contributed by atoms with E-state index in [-0.39, 0.29) is 18.4 Å². The van der Waals surface area contributed by atoms with E-state index in [4.69, 9.17) is 5.26 Å². The number of piperidine rings is 1. The number of fused-ring (bicyclic) bond motifs is 1. The molecule has 26 heavy (non-hydrogen) atoms. The minimum Gasteiger partial charge on any atom is -0.382 e. The minimum absolute atomic E-state index is 0.107. The van der Waals surface area contributed by atoms with Crippen molar-refractivity contribution in [3.63, 3.8) is 0 Å². The summed E-state index contributed by atoms with van der Waals surface area (Å²) in [7, 11) is 0. The summed E-state index contributed by atoms with van der Waals surface area (Å²) < 4.78 is 39.3. The van der Waals surface area contributed by atoms with Gasteiger partial charge in [-0.2, -0.15) is 18.4 Å². The van der Waals surface area contributed by atoms with Crippen LogP contribution in [0.25, 0.3) is 10.9 Å². The number of nitrogens with zero attached hydrogens (tertiary/aromatic N) is 3. The van der Waals surface area contributed by atoms with Gasteiger partial charge in [-0.25, -0.2) is 0 Å². The molecule has 2 heterocycles. The molecule has 0 saturated carbocycles. The molecule has 1 aromatic heterocycles. The Morgan fingerprint density at radius 2 is 2.00 bits per heavy atom. The maximum Gasteiger partial charge on any atom is 0.406 e. The Balaban J connectivity index is 1.69. The van der Waals surface area contributed by atoms with Gasteiger partial charge in [-0.3, -0.25) is 4.79 Å². The molecule has 0 spiro atoms. The molecule has 2 aromatic rings. The van der Waals surface area contributed by atoms with Gasteiger partial charge in [0.25, 0.3) is 0 Å². The highest BCUT2D eigenvalue weighted by atomic mass is 19.4. The number of halogens is 3. The molecule has 0 atom stereocenters. The van der Waals surface area contributed by atoms with Gasteiger partial charge in [0, 0.05) is 36.4 Å². The number of likely N-dealkylation sites (tertiary alicyclic amines) is 1. The van der Waals surface area contributed by atoms with Crippen LogP contribution in [0.15, 0.2) is 30.5 Å². The van der Waals surface area contributed by atoms with Crippen LogP contribution in [0.3, 0.4) is 0 Å². The summed E-state index contributed by atoms with van der Waals surface area (Å²) in [6.07, 6.45) is -1.46. The number of anilines is 1. The second-order valence-corrected chi connectivity index (χ2v) is 6.43. The lowest BCUT2D eigenvalue weighted by Gasteiger charge is -2.32. The molecule has 0 aliphatic carbocycles. The van der Waals surface area contributed by atoms with Crippen molar-refractivity contribution in [1.29, 1.82) is 5.26 Å². The number of nitriles is 1. The van der Waals surface area contributed by atoms with E-state index in [1.807, 2.05) is 12.1 Å². The Kier molecular flexibility index (Phi) is 5.07. The Morgan fingerprint density at radius 1 is 1.27 bits per heavy atom. The lowest BCUT2D eigenvalue weighted by molar-refractivity contribution is -0.139. The molecule has 0 bridgehead atoms.